The fraction of sp³-hybridized carbons (Fsp3) is 0.308. The molecule has 3 aromatic rings. The summed E-state index contributed by atoms with van der Waals surface area (Å²) in [6.45, 7) is 2.47. The molecule has 1 fully saturated rings. The molecule has 1 N–H and O–H groups in total. The van der Waals surface area contributed by atoms with E-state index < -0.39 is 11.7 Å². The zero-order valence-corrected chi connectivity index (χ0v) is 19.0. The second-order valence-corrected chi connectivity index (χ2v) is 8.32. The number of furan rings is 1. The van der Waals surface area contributed by atoms with Crippen molar-refractivity contribution in [1.82, 2.24) is 4.90 Å². The molecule has 2 heterocycles. The summed E-state index contributed by atoms with van der Waals surface area (Å²) in [6, 6.07) is 18.5. The number of carbonyl (C=O) groups is 2. The summed E-state index contributed by atoms with van der Waals surface area (Å²) in [5, 5.41) is 2.95. The van der Waals surface area contributed by atoms with Crippen LogP contribution in [0.2, 0.25) is 0 Å². The molecule has 1 unspecified atom stereocenters. The van der Waals surface area contributed by atoms with Crippen LogP contribution in [-0.4, -0.2) is 49.8 Å². The number of hydrogen-bond acceptors (Lipinski definition) is 5. The van der Waals surface area contributed by atoms with Crippen LogP contribution in [0.15, 0.2) is 71.3 Å². The molecule has 0 saturated carbocycles. The first-order valence-corrected chi connectivity index (χ1v) is 10.8. The van der Waals surface area contributed by atoms with Crippen LogP contribution in [0, 0.1) is 12.8 Å². The van der Waals surface area contributed by atoms with E-state index in [1.807, 2.05) is 49.4 Å². The number of ether oxygens (including phenoxy) is 2. The second kappa shape index (κ2) is 9.60. The standard InChI is InChI=1S/C26H28N2O5/c1-18-9-11-22(12-10-18)27-24(29)21-15-26(31-2,32-3)17-28(16-21)25(30)20-7-4-6-19(14-20)23-8-5-13-33-23/h4-14,21H,15-17H2,1-3H3,(H,27,29). The molecule has 0 spiro atoms. The smallest absolute Gasteiger partial charge is 0.254 e. The first-order chi connectivity index (χ1) is 15.9. The van der Waals surface area contributed by atoms with Gasteiger partial charge in [0.1, 0.15) is 5.76 Å². The van der Waals surface area contributed by atoms with Crippen molar-refractivity contribution in [2.45, 2.75) is 19.1 Å². The van der Waals surface area contributed by atoms with Gasteiger partial charge in [0.15, 0.2) is 5.79 Å². The van der Waals surface area contributed by atoms with Gasteiger partial charge in [0.05, 0.1) is 18.7 Å². The summed E-state index contributed by atoms with van der Waals surface area (Å²) >= 11 is 0. The van der Waals surface area contributed by atoms with Crippen molar-refractivity contribution < 1.29 is 23.5 Å². The molecule has 0 radical (unpaired) electrons. The van der Waals surface area contributed by atoms with Gasteiger partial charge in [0.25, 0.3) is 5.91 Å². The Bertz CT molecular complexity index is 1100. The molecular formula is C26H28N2O5. The molecule has 7 nitrogen and oxygen atoms in total. The van der Waals surface area contributed by atoms with Crippen molar-refractivity contribution in [3.63, 3.8) is 0 Å². The Hall–Kier alpha value is -3.42. The zero-order chi connectivity index (χ0) is 23.4. The maximum atomic E-state index is 13.5. The average Bonchev–Trinajstić information content (AvgIpc) is 3.40. The second-order valence-electron chi connectivity index (χ2n) is 8.32. The Morgan fingerprint density at radius 2 is 1.82 bits per heavy atom. The van der Waals surface area contributed by atoms with Gasteiger partial charge >= 0.3 is 0 Å². The Balaban J connectivity index is 1.57. The van der Waals surface area contributed by atoms with E-state index in [1.54, 1.807) is 29.4 Å². The Labute approximate surface area is 193 Å². The van der Waals surface area contributed by atoms with Crippen LogP contribution >= 0.6 is 0 Å². The molecule has 1 aliphatic rings. The number of amides is 2. The summed E-state index contributed by atoms with van der Waals surface area (Å²) < 4.78 is 16.8. The van der Waals surface area contributed by atoms with Crippen LogP contribution in [-0.2, 0) is 14.3 Å². The Morgan fingerprint density at radius 1 is 1.06 bits per heavy atom. The van der Waals surface area contributed by atoms with E-state index in [0.29, 0.717) is 23.4 Å². The third-order valence-electron chi connectivity index (χ3n) is 6.07. The van der Waals surface area contributed by atoms with Crippen molar-refractivity contribution in [3.8, 4) is 11.3 Å². The van der Waals surface area contributed by atoms with Crippen LogP contribution in [0.25, 0.3) is 11.3 Å². The Kier molecular flexibility index (Phi) is 6.62. The summed E-state index contributed by atoms with van der Waals surface area (Å²) in [5.41, 5.74) is 3.13. The highest BCUT2D eigenvalue weighted by atomic mass is 16.7. The van der Waals surface area contributed by atoms with Crippen LogP contribution in [0.1, 0.15) is 22.3 Å². The molecule has 33 heavy (non-hydrogen) atoms. The molecule has 1 atom stereocenters. The SMILES string of the molecule is COC1(OC)CC(C(=O)Nc2ccc(C)cc2)CN(C(=O)c2cccc(-c3ccco3)c2)C1. The normalized spacial score (nSPS) is 17.5. The third-order valence-corrected chi connectivity index (χ3v) is 6.07. The average molecular weight is 449 g/mol. The van der Waals surface area contributed by atoms with E-state index in [9.17, 15) is 9.59 Å². The fourth-order valence-corrected chi connectivity index (χ4v) is 4.15. The zero-order valence-electron chi connectivity index (χ0n) is 19.0. The van der Waals surface area contributed by atoms with Crippen molar-refractivity contribution >= 4 is 17.5 Å². The van der Waals surface area contributed by atoms with Gasteiger partial charge in [-0.15, -0.1) is 0 Å². The highest BCUT2D eigenvalue weighted by molar-refractivity contribution is 5.97. The van der Waals surface area contributed by atoms with Gasteiger partial charge in [-0.05, 0) is 43.3 Å². The minimum atomic E-state index is -1.07. The van der Waals surface area contributed by atoms with E-state index in [4.69, 9.17) is 13.9 Å². The number of rotatable bonds is 6. The minimum absolute atomic E-state index is 0.181. The predicted octanol–water partition coefficient (Wildman–Crippen LogP) is 4.34. The first-order valence-electron chi connectivity index (χ1n) is 10.8. The lowest BCUT2D eigenvalue weighted by Crippen LogP contribution is -2.57. The molecule has 2 aromatic carbocycles. The van der Waals surface area contributed by atoms with E-state index in [1.165, 1.54) is 14.2 Å². The number of likely N-dealkylation sites (tertiary alicyclic amines) is 1. The molecule has 4 rings (SSSR count). The molecular weight excluding hydrogens is 420 g/mol. The quantitative estimate of drug-likeness (QED) is 0.567. The highest BCUT2D eigenvalue weighted by Crippen LogP contribution is 2.31. The number of anilines is 1. The minimum Gasteiger partial charge on any atom is -0.464 e. The molecule has 172 valence electrons. The lowest BCUT2D eigenvalue weighted by atomic mass is 9.91. The number of piperidine rings is 1. The number of aryl methyl sites for hydroxylation is 1. The number of methoxy groups -OCH3 is 2. The Morgan fingerprint density at radius 3 is 2.48 bits per heavy atom. The van der Waals surface area contributed by atoms with Crippen LogP contribution in [0.3, 0.4) is 0 Å². The largest absolute Gasteiger partial charge is 0.464 e. The van der Waals surface area contributed by atoms with Gasteiger partial charge in [0, 0.05) is 44.0 Å². The van der Waals surface area contributed by atoms with Crippen LogP contribution < -0.4 is 5.32 Å². The van der Waals surface area contributed by atoms with E-state index in [-0.39, 0.29) is 24.9 Å². The maximum absolute atomic E-state index is 13.5. The number of hydrogen-bond donors (Lipinski definition) is 1. The lowest BCUT2D eigenvalue weighted by Gasteiger charge is -2.43. The van der Waals surface area contributed by atoms with Gasteiger partial charge in [0.2, 0.25) is 5.91 Å². The van der Waals surface area contributed by atoms with Gasteiger partial charge < -0.3 is 24.1 Å². The summed E-state index contributed by atoms with van der Waals surface area (Å²) in [6.07, 6.45) is 1.94. The molecule has 1 aliphatic heterocycles. The fourth-order valence-electron chi connectivity index (χ4n) is 4.15. The maximum Gasteiger partial charge on any atom is 0.254 e. The third kappa shape index (κ3) is 4.99. The van der Waals surface area contributed by atoms with Gasteiger partial charge in [-0.25, -0.2) is 0 Å². The van der Waals surface area contributed by atoms with Crippen LogP contribution in [0.5, 0.6) is 0 Å². The molecule has 2 amide bonds. The topological polar surface area (TPSA) is 81.0 Å². The molecule has 0 bridgehead atoms. The van der Waals surface area contributed by atoms with E-state index in [2.05, 4.69) is 5.32 Å². The molecule has 7 heteroatoms. The summed E-state index contributed by atoms with van der Waals surface area (Å²) in [4.78, 5) is 28.2. The van der Waals surface area contributed by atoms with Gasteiger partial charge in [-0.2, -0.15) is 0 Å². The lowest BCUT2D eigenvalue weighted by molar-refractivity contribution is -0.235. The predicted molar refractivity (Wildman–Crippen MR) is 125 cm³/mol. The number of carbonyl (C=O) groups excluding carboxylic acids is 2. The molecule has 1 saturated heterocycles. The van der Waals surface area contributed by atoms with Crippen molar-refractivity contribution in [1.29, 1.82) is 0 Å². The van der Waals surface area contributed by atoms with Crippen molar-refractivity contribution in [2.24, 2.45) is 5.92 Å². The van der Waals surface area contributed by atoms with Gasteiger partial charge in [-0.3, -0.25) is 9.59 Å². The van der Waals surface area contributed by atoms with E-state index >= 15 is 0 Å². The van der Waals surface area contributed by atoms with Gasteiger partial charge in [-0.1, -0.05) is 29.8 Å². The number of nitrogens with zero attached hydrogens (tertiary/aromatic N) is 1. The highest BCUT2D eigenvalue weighted by Gasteiger charge is 2.44. The van der Waals surface area contributed by atoms with Crippen molar-refractivity contribution in [2.75, 3.05) is 32.6 Å². The number of benzene rings is 2. The summed E-state index contributed by atoms with van der Waals surface area (Å²) in [7, 11) is 3.06. The first kappa shape index (κ1) is 22.8. The van der Waals surface area contributed by atoms with E-state index in [0.717, 1.165) is 11.1 Å². The molecule has 1 aromatic heterocycles. The summed E-state index contributed by atoms with van der Waals surface area (Å²) in [5.74, 6) is -1.27. The number of nitrogens with one attached hydrogen (secondary N) is 1. The monoisotopic (exact) mass is 448 g/mol. The van der Waals surface area contributed by atoms with Crippen molar-refractivity contribution in [3.05, 3.63) is 78.1 Å². The van der Waals surface area contributed by atoms with Crippen LogP contribution in [0.4, 0.5) is 5.69 Å². The molecule has 0 aliphatic carbocycles.